The van der Waals surface area contributed by atoms with E-state index in [-0.39, 0.29) is 5.97 Å². The molecule has 0 radical (unpaired) electrons. The average Bonchev–Trinajstić information content (AvgIpc) is 3.06. The number of carbonyl (C=O) groups excluding carboxylic acids is 1. The molecule has 1 aliphatic heterocycles. The number of nitrogens with zero attached hydrogens (tertiary/aromatic N) is 2. The minimum absolute atomic E-state index is 0.325. The van der Waals surface area contributed by atoms with E-state index in [2.05, 4.69) is 9.88 Å². The summed E-state index contributed by atoms with van der Waals surface area (Å²) in [6.07, 6.45) is 8.18. The van der Waals surface area contributed by atoms with Crippen molar-refractivity contribution in [1.29, 1.82) is 0 Å². The molecule has 0 atom stereocenters. The molecule has 2 heterocycles. The maximum absolute atomic E-state index is 11.6. The number of anilines is 1. The molecular weight excluding hydrogens is 272 g/mol. The first-order valence-corrected chi connectivity index (χ1v) is 8.26. The molecule has 0 amide bonds. The Labute approximate surface area is 124 Å². The van der Waals surface area contributed by atoms with Crippen LogP contribution in [0.4, 0.5) is 5.13 Å². The third-order valence-corrected chi connectivity index (χ3v) is 5.95. The van der Waals surface area contributed by atoms with Crippen LogP contribution in [0.1, 0.15) is 53.9 Å². The molecule has 20 heavy (non-hydrogen) atoms. The largest absolute Gasteiger partial charge is 0.464 e. The number of aryl methyl sites for hydroxylation is 1. The lowest BCUT2D eigenvalue weighted by Crippen LogP contribution is -2.38. The van der Waals surface area contributed by atoms with Crippen LogP contribution in [0.5, 0.6) is 0 Å². The van der Waals surface area contributed by atoms with Crippen molar-refractivity contribution in [1.82, 2.24) is 4.98 Å². The van der Waals surface area contributed by atoms with Gasteiger partial charge in [0.25, 0.3) is 0 Å². The highest BCUT2D eigenvalue weighted by Crippen LogP contribution is 2.47. The van der Waals surface area contributed by atoms with Gasteiger partial charge in [0, 0.05) is 18.0 Å². The van der Waals surface area contributed by atoms with Crippen molar-refractivity contribution in [2.45, 2.75) is 45.4 Å². The number of aromatic nitrogens is 1. The smallest absolute Gasteiger partial charge is 0.357 e. The molecule has 2 aliphatic rings. The Kier molecular flexibility index (Phi) is 3.71. The number of ether oxygens (including phenoxy) is 1. The van der Waals surface area contributed by atoms with Gasteiger partial charge in [-0.3, -0.25) is 0 Å². The van der Waals surface area contributed by atoms with Gasteiger partial charge in [0.05, 0.1) is 7.11 Å². The van der Waals surface area contributed by atoms with Crippen LogP contribution in [0, 0.1) is 12.3 Å². The normalized spacial score (nSPS) is 21.4. The van der Waals surface area contributed by atoms with Crippen LogP contribution in [-0.2, 0) is 4.74 Å². The summed E-state index contributed by atoms with van der Waals surface area (Å²) in [7, 11) is 1.41. The lowest BCUT2D eigenvalue weighted by Gasteiger charge is -2.39. The zero-order chi connectivity index (χ0) is 14.2. The molecule has 1 aromatic heterocycles. The Morgan fingerprint density at radius 2 is 1.90 bits per heavy atom. The third kappa shape index (κ3) is 2.43. The zero-order valence-electron chi connectivity index (χ0n) is 12.3. The van der Waals surface area contributed by atoms with Gasteiger partial charge in [-0.25, -0.2) is 9.78 Å². The molecule has 0 aromatic carbocycles. The second-order valence-corrected chi connectivity index (χ2v) is 7.27. The second-order valence-electron chi connectivity index (χ2n) is 6.09. The van der Waals surface area contributed by atoms with Gasteiger partial charge in [0.15, 0.2) is 10.8 Å². The van der Waals surface area contributed by atoms with Crippen LogP contribution in [0.3, 0.4) is 0 Å². The van der Waals surface area contributed by atoms with E-state index < -0.39 is 0 Å². The monoisotopic (exact) mass is 294 g/mol. The molecule has 110 valence electrons. The molecule has 1 aromatic rings. The minimum Gasteiger partial charge on any atom is -0.464 e. The number of rotatable bonds is 2. The molecule has 3 rings (SSSR count). The van der Waals surface area contributed by atoms with E-state index in [1.165, 1.54) is 45.6 Å². The molecule has 0 bridgehead atoms. The van der Waals surface area contributed by atoms with E-state index in [9.17, 15) is 4.79 Å². The van der Waals surface area contributed by atoms with Gasteiger partial charge < -0.3 is 9.64 Å². The van der Waals surface area contributed by atoms with E-state index >= 15 is 0 Å². The quantitative estimate of drug-likeness (QED) is 0.784. The maximum Gasteiger partial charge on any atom is 0.357 e. The number of esters is 1. The predicted octanol–water partition coefficient (Wildman–Crippen LogP) is 3.40. The van der Waals surface area contributed by atoms with Gasteiger partial charge in [-0.2, -0.15) is 0 Å². The van der Waals surface area contributed by atoms with Crippen molar-refractivity contribution >= 4 is 22.4 Å². The van der Waals surface area contributed by atoms with Crippen LogP contribution < -0.4 is 4.90 Å². The fraction of sp³-hybridized carbons (Fsp3) is 0.733. The molecule has 1 spiro atoms. The highest BCUT2D eigenvalue weighted by molar-refractivity contribution is 7.15. The van der Waals surface area contributed by atoms with Gasteiger partial charge in [-0.05, 0) is 38.0 Å². The summed E-state index contributed by atoms with van der Waals surface area (Å²) in [5, 5.41) is 0.982. The Hall–Kier alpha value is -1.10. The highest BCUT2D eigenvalue weighted by atomic mass is 32.1. The molecule has 0 N–H and O–H groups in total. The molecule has 5 heteroatoms. The van der Waals surface area contributed by atoms with Crippen molar-refractivity contribution in [2.24, 2.45) is 5.41 Å². The summed E-state index contributed by atoms with van der Waals surface area (Å²) >= 11 is 1.61. The fourth-order valence-corrected chi connectivity index (χ4v) is 4.55. The summed E-state index contributed by atoms with van der Waals surface area (Å²) in [6, 6.07) is 0. The molecular formula is C15H22N2O2S. The van der Waals surface area contributed by atoms with Crippen molar-refractivity contribution in [3.8, 4) is 0 Å². The zero-order valence-corrected chi connectivity index (χ0v) is 13.1. The highest BCUT2D eigenvalue weighted by Gasteiger charge is 2.37. The van der Waals surface area contributed by atoms with Crippen LogP contribution in [-0.4, -0.2) is 31.2 Å². The molecule has 1 saturated heterocycles. The van der Waals surface area contributed by atoms with Crippen LogP contribution >= 0.6 is 11.3 Å². The Bertz CT molecular complexity index is 496. The average molecular weight is 294 g/mol. The molecule has 1 saturated carbocycles. The maximum atomic E-state index is 11.6. The van der Waals surface area contributed by atoms with Gasteiger partial charge in [0.2, 0.25) is 0 Å². The summed E-state index contributed by atoms with van der Waals surface area (Å²) in [5.41, 5.74) is 1.10. The van der Waals surface area contributed by atoms with E-state index in [1.807, 2.05) is 6.92 Å². The first-order valence-electron chi connectivity index (χ1n) is 7.44. The third-order valence-electron chi connectivity index (χ3n) is 4.92. The van der Waals surface area contributed by atoms with E-state index in [0.717, 1.165) is 23.1 Å². The lowest BCUT2D eigenvalue weighted by molar-refractivity contribution is 0.0594. The van der Waals surface area contributed by atoms with Crippen LogP contribution in [0.25, 0.3) is 0 Å². The molecule has 2 fully saturated rings. The van der Waals surface area contributed by atoms with Crippen molar-refractivity contribution in [2.75, 3.05) is 25.1 Å². The number of hydrogen-bond donors (Lipinski definition) is 0. The van der Waals surface area contributed by atoms with E-state index in [0.29, 0.717) is 11.1 Å². The van der Waals surface area contributed by atoms with Crippen LogP contribution in [0.2, 0.25) is 0 Å². The number of methoxy groups -OCH3 is 1. The SMILES string of the molecule is COC(=O)c1nc(N2CCC3(CCCC3)CC2)sc1C. The Morgan fingerprint density at radius 1 is 1.25 bits per heavy atom. The van der Waals surface area contributed by atoms with Gasteiger partial charge >= 0.3 is 5.97 Å². The fourth-order valence-electron chi connectivity index (χ4n) is 3.60. The first kappa shape index (κ1) is 13.9. The van der Waals surface area contributed by atoms with Crippen molar-refractivity contribution in [3.05, 3.63) is 10.6 Å². The Morgan fingerprint density at radius 3 is 2.50 bits per heavy atom. The van der Waals surface area contributed by atoms with Gasteiger partial charge in [0.1, 0.15) is 0 Å². The van der Waals surface area contributed by atoms with Crippen molar-refractivity contribution in [3.63, 3.8) is 0 Å². The number of piperidine rings is 1. The molecule has 1 aliphatic carbocycles. The number of hydrogen-bond acceptors (Lipinski definition) is 5. The second kappa shape index (κ2) is 5.35. The lowest BCUT2D eigenvalue weighted by atomic mass is 9.77. The predicted molar refractivity (Wildman–Crippen MR) is 80.5 cm³/mol. The first-order chi connectivity index (χ1) is 9.63. The van der Waals surface area contributed by atoms with Gasteiger partial charge in [-0.15, -0.1) is 11.3 Å². The minimum atomic E-state index is -0.325. The standard InChI is InChI=1S/C15H22N2O2S/c1-11-12(13(18)19-2)16-14(20-11)17-9-7-15(8-10-17)5-3-4-6-15/h3-10H2,1-2H3. The summed E-state index contributed by atoms with van der Waals surface area (Å²) < 4.78 is 4.78. The number of thiazole rings is 1. The topological polar surface area (TPSA) is 42.4 Å². The molecule has 4 nitrogen and oxygen atoms in total. The van der Waals surface area contributed by atoms with Crippen LogP contribution in [0.15, 0.2) is 0 Å². The van der Waals surface area contributed by atoms with E-state index in [4.69, 9.17) is 4.74 Å². The van der Waals surface area contributed by atoms with E-state index in [1.54, 1.807) is 11.3 Å². The van der Waals surface area contributed by atoms with Crippen molar-refractivity contribution < 1.29 is 9.53 Å². The number of carbonyl (C=O) groups is 1. The Balaban J connectivity index is 1.70. The summed E-state index contributed by atoms with van der Waals surface area (Å²) in [4.78, 5) is 19.4. The summed E-state index contributed by atoms with van der Waals surface area (Å²) in [6.45, 7) is 4.09. The van der Waals surface area contributed by atoms with Gasteiger partial charge in [-0.1, -0.05) is 12.8 Å². The molecule has 0 unspecified atom stereocenters. The summed E-state index contributed by atoms with van der Waals surface area (Å²) in [5.74, 6) is -0.325.